The highest BCUT2D eigenvalue weighted by atomic mass is 32.2. The van der Waals surface area contributed by atoms with Crippen LogP contribution >= 0.6 is 0 Å². The molecule has 0 radical (unpaired) electrons. The lowest BCUT2D eigenvalue weighted by Gasteiger charge is -2.17. The van der Waals surface area contributed by atoms with Crippen LogP contribution in [0.4, 0.5) is 5.69 Å². The van der Waals surface area contributed by atoms with E-state index in [1.807, 2.05) is 56.3 Å². The van der Waals surface area contributed by atoms with E-state index in [9.17, 15) is 13.2 Å². The van der Waals surface area contributed by atoms with E-state index in [-0.39, 0.29) is 17.4 Å². The van der Waals surface area contributed by atoms with Crippen molar-refractivity contribution in [2.45, 2.75) is 25.3 Å². The molecule has 0 bridgehead atoms. The molecular weight excluding hydrogens is 412 g/mol. The van der Waals surface area contributed by atoms with Crippen LogP contribution in [0.3, 0.4) is 0 Å². The van der Waals surface area contributed by atoms with Crippen LogP contribution in [0.25, 0.3) is 0 Å². The number of carbonyl (C=O) groups is 1. The molecule has 162 valence electrons. The van der Waals surface area contributed by atoms with Gasteiger partial charge < -0.3 is 9.64 Å². The van der Waals surface area contributed by atoms with Crippen LogP contribution in [-0.2, 0) is 21.4 Å². The molecule has 0 aliphatic carbocycles. The zero-order chi connectivity index (χ0) is 22.4. The van der Waals surface area contributed by atoms with E-state index in [0.29, 0.717) is 18.0 Å². The van der Waals surface area contributed by atoms with Gasteiger partial charge in [-0.1, -0.05) is 42.5 Å². The van der Waals surface area contributed by atoms with Crippen LogP contribution in [0, 0.1) is 13.8 Å². The lowest BCUT2D eigenvalue weighted by atomic mass is 10.1. The molecule has 0 fully saturated rings. The Kier molecular flexibility index (Phi) is 6.97. The first-order chi connectivity index (χ1) is 14.7. The fourth-order valence-electron chi connectivity index (χ4n) is 2.97. The smallest absolute Gasteiger partial charge is 0.261 e. The van der Waals surface area contributed by atoms with Gasteiger partial charge in [-0.05, 0) is 60.9 Å². The van der Waals surface area contributed by atoms with Gasteiger partial charge in [0.25, 0.3) is 15.9 Å². The number of carbonyl (C=O) groups excluding carboxylic acids is 1. The van der Waals surface area contributed by atoms with E-state index >= 15 is 0 Å². The van der Waals surface area contributed by atoms with Crippen LogP contribution in [0.5, 0.6) is 5.75 Å². The summed E-state index contributed by atoms with van der Waals surface area (Å²) < 4.78 is 33.5. The van der Waals surface area contributed by atoms with E-state index in [4.69, 9.17) is 4.74 Å². The van der Waals surface area contributed by atoms with Gasteiger partial charge in [0.1, 0.15) is 5.75 Å². The molecule has 3 aromatic rings. The van der Waals surface area contributed by atoms with Gasteiger partial charge in [-0.25, -0.2) is 8.42 Å². The Balaban J connectivity index is 1.59. The summed E-state index contributed by atoms with van der Waals surface area (Å²) >= 11 is 0. The van der Waals surface area contributed by atoms with Gasteiger partial charge in [-0.2, -0.15) is 0 Å². The number of amides is 1. The van der Waals surface area contributed by atoms with Gasteiger partial charge in [0.15, 0.2) is 6.61 Å². The summed E-state index contributed by atoms with van der Waals surface area (Å²) in [5, 5.41) is 0. The number of benzene rings is 3. The minimum atomic E-state index is -3.73. The standard InChI is InChI=1S/C24H26N2O4S/c1-18-9-10-19(2)23(15-18)25-31(28,29)22-13-11-21(12-14-22)30-17-24(27)26(3)16-20-7-5-4-6-8-20/h4-15,25H,16-17H2,1-3H3. The van der Waals surface area contributed by atoms with Crippen molar-refractivity contribution >= 4 is 21.6 Å². The second kappa shape index (κ2) is 9.66. The normalized spacial score (nSPS) is 11.1. The van der Waals surface area contributed by atoms with Crippen molar-refractivity contribution < 1.29 is 17.9 Å². The Morgan fingerprint density at radius 3 is 2.32 bits per heavy atom. The maximum absolute atomic E-state index is 12.7. The van der Waals surface area contributed by atoms with E-state index in [1.165, 1.54) is 12.1 Å². The molecule has 0 saturated carbocycles. The van der Waals surface area contributed by atoms with Crippen LogP contribution in [0.15, 0.2) is 77.7 Å². The van der Waals surface area contributed by atoms with Gasteiger partial charge >= 0.3 is 0 Å². The van der Waals surface area contributed by atoms with Crippen LogP contribution in [-0.4, -0.2) is 32.9 Å². The summed E-state index contributed by atoms with van der Waals surface area (Å²) in [7, 11) is -2.01. The molecule has 0 spiro atoms. The van der Waals surface area contributed by atoms with Crippen molar-refractivity contribution in [3.8, 4) is 5.75 Å². The summed E-state index contributed by atoms with van der Waals surface area (Å²) in [6, 6.07) is 21.3. The monoisotopic (exact) mass is 438 g/mol. The quantitative estimate of drug-likeness (QED) is 0.574. The molecule has 0 aliphatic heterocycles. The Hall–Kier alpha value is -3.32. The summed E-state index contributed by atoms with van der Waals surface area (Å²) in [6.07, 6.45) is 0. The topological polar surface area (TPSA) is 75.7 Å². The zero-order valence-corrected chi connectivity index (χ0v) is 18.6. The van der Waals surface area contributed by atoms with Gasteiger partial charge in [0, 0.05) is 13.6 Å². The second-order valence-electron chi connectivity index (χ2n) is 7.42. The molecule has 0 aliphatic rings. The highest BCUT2D eigenvalue weighted by Crippen LogP contribution is 2.22. The van der Waals surface area contributed by atoms with Crippen molar-refractivity contribution in [1.29, 1.82) is 0 Å². The number of ether oxygens (including phenoxy) is 1. The maximum Gasteiger partial charge on any atom is 0.261 e. The van der Waals surface area contributed by atoms with Gasteiger partial charge in [0.2, 0.25) is 0 Å². The molecular formula is C24H26N2O4S. The first-order valence-electron chi connectivity index (χ1n) is 9.85. The Labute approximate surface area is 183 Å². The van der Waals surface area contributed by atoms with E-state index < -0.39 is 10.0 Å². The molecule has 31 heavy (non-hydrogen) atoms. The minimum Gasteiger partial charge on any atom is -0.484 e. The molecule has 0 aromatic heterocycles. The third kappa shape index (κ3) is 6.08. The summed E-state index contributed by atoms with van der Waals surface area (Å²) in [6.45, 7) is 4.11. The molecule has 0 atom stereocenters. The predicted molar refractivity (Wildman–Crippen MR) is 122 cm³/mol. The average molecular weight is 439 g/mol. The zero-order valence-electron chi connectivity index (χ0n) is 17.8. The molecule has 7 heteroatoms. The van der Waals surface area contributed by atoms with Crippen LogP contribution in [0.1, 0.15) is 16.7 Å². The number of likely N-dealkylation sites (N-methyl/N-ethyl adjacent to an activating group) is 1. The summed E-state index contributed by atoms with van der Waals surface area (Å²) in [5.41, 5.74) is 3.39. The SMILES string of the molecule is Cc1ccc(C)c(NS(=O)(=O)c2ccc(OCC(=O)N(C)Cc3ccccc3)cc2)c1. The minimum absolute atomic E-state index is 0.119. The maximum atomic E-state index is 12.7. The molecule has 0 saturated heterocycles. The Morgan fingerprint density at radius 1 is 0.968 bits per heavy atom. The van der Waals surface area contributed by atoms with Crippen molar-refractivity contribution in [2.24, 2.45) is 0 Å². The van der Waals surface area contributed by atoms with E-state index in [2.05, 4.69) is 4.72 Å². The Bertz CT molecular complexity index is 1140. The largest absolute Gasteiger partial charge is 0.484 e. The van der Waals surface area contributed by atoms with Crippen LogP contribution in [0.2, 0.25) is 0 Å². The summed E-state index contributed by atoms with van der Waals surface area (Å²) in [4.78, 5) is 14.0. The number of anilines is 1. The van der Waals surface area contributed by atoms with Crippen LogP contribution < -0.4 is 9.46 Å². The number of rotatable bonds is 8. The third-order valence-corrected chi connectivity index (χ3v) is 6.20. The second-order valence-corrected chi connectivity index (χ2v) is 9.10. The predicted octanol–water partition coefficient (Wildman–Crippen LogP) is 4.14. The number of aryl methyl sites for hydroxylation is 2. The average Bonchev–Trinajstić information content (AvgIpc) is 2.75. The molecule has 3 aromatic carbocycles. The first-order valence-corrected chi connectivity index (χ1v) is 11.3. The lowest BCUT2D eigenvalue weighted by Crippen LogP contribution is -2.30. The number of sulfonamides is 1. The van der Waals surface area contributed by atoms with Crippen molar-refractivity contribution in [2.75, 3.05) is 18.4 Å². The van der Waals surface area contributed by atoms with E-state index in [1.54, 1.807) is 30.1 Å². The Morgan fingerprint density at radius 2 is 1.65 bits per heavy atom. The number of hydrogen-bond acceptors (Lipinski definition) is 4. The van der Waals surface area contributed by atoms with Gasteiger partial charge in [-0.3, -0.25) is 9.52 Å². The van der Waals surface area contributed by atoms with E-state index in [0.717, 1.165) is 16.7 Å². The molecule has 1 amide bonds. The van der Waals surface area contributed by atoms with Gasteiger partial charge in [0.05, 0.1) is 10.6 Å². The van der Waals surface area contributed by atoms with Crippen molar-refractivity contribution in [3.05, 3.63) is 89.5 Å². The molecule has 0 heterocycles. The molecule has 3 rings (SSSR count). The fourth-order valence-corrected chi connectivity index (χ4v) is 4.09. The lowest BCUT2D eigenvalue weighted by molar-refractivity contribution is -0.132. The fraction of sp³-hybridized carbons (Fsp3) is 0.208. The highest BCUT2D eigenvalue weighted by molar-refractivity contribution is 7.92. The molecule has 1 N–H and O–H groups in total. The van der Waals surface area contributed by atoms with Crippen molar-refractivity contribution in [3.63, 3.8) is 0 Å². The summed E-state index contributed by atoms with van der Waals surface area (Å²) in [5.74, 6) is 0.254. The highest BCUT2D eigenvalue weighted by Gasteiger charge is 2.16. The molecule has 6 nitrogen and oxygen atoms in total. The number of nitrogens with one attached hydrogen (secondary N) is 1. The number of hydrogen-bond donors (Lipinski definition) is 1. The van der Waals surface area contributed by atoms with Gasteiger partial charge in [-0.15, -0.1) is 0 Å². The first kappa shape index (κ1) is 22.4. The number of nitrogens with zero attached hydrogens (tertiary/aromatic N) is 1. The third-order valence-electron chi connectivity index (χ3n) is 4.82. The van der Waals surface area contributed by atoms with Crippen molar-refractivity contribution in [1.82, 2.24) is 4.90 Å². The molecule has 0 unspecified atom stereocenters.